The number of aliphatic carboxylic acids is 1. The maximum atomic E-state index is 11.3. The summed E-state index contributed by atoms with van der Waals surface area (Å²) in [6, 6.07) is 8.01. The van der Waals surface area contributed by atoms with Gasteiger partial charge in [-0.15, -0.1) is 0 Å². The van der Waals surface area contributed by atoms with Gasteiger partial charge in [0.05, 0.1) is 5.69 Å². The van der Waals surface area contributed by atoms with E-state index in [1.807, 2.05) is 29.0 Å². The zero-order chi connectivity index (χ0) is 21.2. The average molecular weight is 416 g/mol. The smallest absolute Gasteiger partial charge is 0.323 e. The van der Waals surface area contributed by atoms with Crippen molar-refractivity contribution in [1.29, 1.82) is 0 Å². The first-order valence-corrected chi connectivity index (χ1v) is 10.5. The number of imidazole rings is 1. The van der Waals surface area contributed by atoms with Crippen LogP contribution in [0.2, 0.25) is 0 Å². The predicted octanol–water partition coefficient (Wildman–Crippen LogP) is 3.29. The molecule has 1 aliphatic heterocycles. The fourth-order valence-corrected chi connectivity index (χ4v) is 4.61. The molecule has 0 amide bonds. The molecular formula is C23H24N6O2. The van der Waals surface area contributed by atoms with Crippen molar-refractivity contribution < 1.29 is 9.90 Å². The molecule has 1 aromatic carbocycles. The number of carbonyl (C=O) groups is 1. The normalized spacial score (nSPS) is 17.2. The number of para-hydroxylation sites is 1. The first-order chi connectivity index (χ1) is 15.2. The van der Waals surface area contributed by atoms with Crippen molar-refractivity contribution in [2.45, 2.75) is 31.8 Å². The van der Waals surface area contributed by atoms with Crippen molar-refractivity contribution in [1.82, 2.24) is 29.4 Å². The molecule has 0 spiro atoms. The Kier molecular flexibility index (Phi) is 5.21. The summed E-state index contributed by atoms with van der Waals surface area (Å²) in [5.41, 5.74) is 3.92. The van der Waals surface area contributed by atoms with Gasteiger partial charge in [0.2, 0.25) is 0 Å². The van der Waals surface area contributed by atoms with Crippen molar-refractivity contribution in [3.05, 3.63) is 66.5 Å². The molecule has 0 aliphatic carbocycles. The van der Waals surface area contributed by atoms with E-state index in [0.717, 1.165) is 66.2 Å². The highest BCUT2D eigenvalue weighted by atomic mass is 16.4. The molecule has 0 radical (unpaired) electrons. The summed E-state index contributed by atoms with van der Waals surface area (Å²) in [6.45, 7) is 2.63. The standard InChI is InChI=1S/C23H24N6O2/c30-20(31)15-29-14-17(18-5-1-2-6-19(18)29)13-28-11-3-4-16(12-28)21-22(25-8-7-24-21)23-26-9-10-27-23/h1-2,5-10,14,16H,3-4,11-13,15H2,(H,26,27)(H,30,31). The molecule has 1 unspecified atom stereocenters. The highest BCUT2D eigenvalue weighted by Gasteiger charge is 2.26. The molecule has 2 N–H and O–H groups in total. The third-order valence-electron chi connectivity index (χ3n) is 5.91. The van der Waals surface area contributed by atoms with Crippen LogP contribution in [0.25, 0.3) is 22.4 Å². The van der Waals surface area contributed by atoms with Gasteiger partial charge in [-0.3, -0.25) is 14.7 Å². The number of likely N-dealkylation sites (tertiary alicyclic amines) is 1. The Balaban J connectivity index is 1.40. The van der Waals surface area contributed by atoms with Gasteiger partial charge in [-0.05, 0) is 31.0 Å². The van der Waals surface area contributed by atoms with E-state index in [-0.39, 0.29) is 12.5 Å². The van der Waals surface area contributed by atoms with Crippen LogP contribution in [-0.4, -0.2) is 53.6 Å². The predicted molar refractivity (Wildman–Crippen MR) is 116 cm³/mol. The Morgan fingerprint density at radius 3 is 2.87 bits per heavy atom. The summed E-state index contributed by atoms with van der Waals surface area (Å²) in [7, 11) is 0. The number of carboxylic acids is 1. The van der Waals surface area contributed by atoms with Gasteiger partial charge in [0, 0.05) is 60.9 Å². The van der Waals surface area contributed by atoms with Gasteiger partial charge in [0.25, 0.3) is 0 Å². The van der Waals surface area contributed by atoms with Gasteiger partial charge in [0.1, 0.15) is 12.2 Å². The summed E-state index contributed by atoms with van der Waals surface area (Å²) in [4.78, 5) is 30.4. The summed E-state index contributed by atoms with van der Waals surface area (Å²) < 4.78 is 1.83. The number of fused-ring (bicyclic) bond motifs is 1. The summed E-state index contributed by atoms with van der Waals surface area (Å²) in [5.74, 6) is 0.185. The summed E-state index contributed by atoms with van der Waals surface area (Å²) in [5, 5.41) is 10.4. The molecule has 31 heavy (non-hydrogen) atoms. The van der Waals surface area contributed by atoms with Crippen LogP contribution >= 0.6 is 0 Å². The number of nitrogens with zero attached hydrogens (tertiary/aromatic N) is 5. The van der Waals surface area contributed by atoms with Crippen molar-refractivity contribution in [2.75, 3.05) is 13.1 Å². The number of H-pyrrole nitrogens is 1. The second-order valence-corrected chi connectivity index (χ2v) is 8.00. The van der Waals surface area contributed by atoms with E-state index in [2.05, 4.69) is 30.9 Å². The number of aromatic nitrogens is 5. The van der Waals surface area contributed by atoms with Gasteiger partial charge in [-0.1, -0.05) is 18.2 Å². The molecule has 1 atom stereocenters. The average Bonchev–Trinajstić information content (AvgIpc) is 3.43. The molecule has 0 saturated carbocycles. The molecule has 4 aromatic rings. The van der Waals surface area contributed by atoms with E-state index in [1.54, 1.807) is 24.8 Å². The summed E-state index contributed by atoms with van der Waals surface area (Å²) in [6.07, 6.45) is 11.1. The number of hydrogen-bond donors (Lipinski definition) is 2. The third-order valence-corrected chi connectivity index (χ3v) is 5.91. The molecule has 3 aromatic heterocycles. The van der Waals surface area contributed by atoms with Crippen molar-refractivity contribution in [3.8, 4) is 11.5 Å². The lowest BCUT2D eigenvalue weighted by molar-refractivity contribution is -0.137. The van der Waals surface area contributed by atoms with E-state index in [0.29, 0.717) is 0 Å². The van der Waals surface area contributed by atoms with Crippen LogP contribution in [0.3, 0.4) is 0 Å². The van der Waals surface area contributed by atoms with E-state index in [9.17, 15) is 9.90 Å². The molecule has 8 heteroatoms. The molecule has 1 saturated heterocycles. The minimum atomic E-state index is -0.835. The van der Waals surface area contributed by atoms with Crippen LogP contribution in [0.4, 0.5) is 0 Å². The van der Waals surface area contributed by atoms with Gasteiger partial charge in [-0.2, -0.15) is 0 Å². The zero-order valence-electron chi connectivity index (χ0n) is 17.1. The van der Waals surface area contributed by atoms with Gasteiger partial charge >= 0.3 is 5.97 Å². The Morgan fingerprint density at radius 1 is 1.16 bits per heavy atom. The molecular weight excluding hydrogens is 392 g/mol. The summed E-state index contributed by atoms with van der Waals surface area (Å²) >= 11 is 0. The number of piperidine rings is 1. The molecule has 5 rings (SSSR count). The topological polar surface area (TPSA) is 99.9 Å². The van der Waals surface area contributed by atoms with Crippen LogP contribution in [0, 0.1) is 0 Å². The van der Waals surface area contributed by atoms with Gasteiger partial charge in [0.15, 0.2) is 5.82 Å². The van der Waals surface area contributed by atoms with Crippen molar-refractivity contribution in [3.63, 3.8) is 0 Å². The zero-order valence-corrected chi connectivity index (χ0v) is 17.1. The Bertz CT molecular complexity index is 1200. The minimum absolute atomic E-state index is 0.0325. The Morgan fingerprint density at radius 2 is 2.03 bits per heavy atom. The number of carboxylic acid groups (broad SMARTS) is 1. The second-order valence-electron chi connectivity index (χ2n) is 8.00. The van der Waals surface area contributed by atoms with E-state index in [4.69, 9.17) is 0 Å². The van der Waals surface area contributed by atoms with Crippen LogP contribution < -0.4 is 0 Å². The van der Waals surface area contributed by atoms with E-state index < -0.39 is 5.97 Å². The van der Waals surface area contributed by atoms with Crippen LogP contribution in [0.1, 0.15) is 30.0 Å². The number of rotatable bonds is 6. The van der Waals surface area contributed by atoms with Crippen molar-refractivity contribution in [2.24, 2.45) is 0 Å². The number of aromatic amines is 1. The van der Waals surface area contributed by atoms with Gasteiger partial charge in [-0.25, -0.2) is 9.97 Å². The monoisotopic (exact) mass is 416 g/mol. The Hall–Kier alpha value is -3.52. The number of hydrogen-bond acceptors (Lipinski definition) is 5. The van der Waals surface area contributed by atoms with E-state index >= 15 is 0 Å². The Labute approximate surface area is 179 Å². The number of nitrogens with one attached hydrogen (secondary N) is 1. The molecule has 0 bridgehead atoms. The second kappa shape index (κ2) is 8.31. The fourth-order valence-electron chi connectivity index (χ4n) is 4.61. The largest absolute Gasteiger partial charge is 0.480 e. The maximum Gasteiger partial charge on any atom is 0.323 e. The van der Waals surface area contributed by atoms with Crippen LogP contribution in [0.5, 0.6) is 0 Å². The van der Waals surface area contributed by atoms with Crippen LogP contribution in [0.15, 0.2) is 55.2 Å². The SMILES string of the molecule is O=C(O)Cn1cc(CN2CCCC(c3nccnc3-c3ncc[nH]3)C2)c2ccccc21. The lowest BCUT2D eigenvalue weighted by Crippen LogP contribution is -2.34. The fraction of sp³-hybridized carbons (Fsp3) is 0.304. The van der Waals surface area contributed by atoms with E-state index in [1.165, 1.54) is 0 Å². The lowest BCUT2D eigenvalue weighted by Gasteiger charge is -2.32. The molecule has 4 heterocycles. The quantitative estimate of drug-likeness (QED) is 0.500. The highest BCUT2D eigenvalue weighted by Crippen LogP contribution is 2.32. The minimum Gasteiger partial charge on any atom is -0.480 e. The maximum absolute atomic E-state index is 11.3. The third kappa shape index (κ3) is 3.94. The first kappa shape index (κ1) is 19.4. The molecule has 1 fully saturated rings. The van der Waals surface area contributed by atoms with Gasteiger partial charge < -0.3 is 14.7 Å². The first-order valence-electron chi connectivity index (χ1n) is 10.5. The lowest BCUT2D eigenvalue weighted by atomic mass is 9.92. The number of benzene rings is 1. The molecule has 8 nitrogen and oxygen atoms in total. The van der Waals surface area contributed by atoms with Crippen LogP contribution in [-0.2, 0) is 17.9 Å². The molecule has 158 valence electrons. The molecule has 1 aliphatic rings. The van der Waals surface area contributed by atoms with Crippen molar-refractivity contribution >= 4 is 16.9 Å². The highest BCUT2D eigenvalue weighted by molar-refractivity contribution is 5.85.